The van der Waals surface area contributed by atoms with Gasteiger partial charge in [-0.15, -0.1) is 0 Å². The highest BCUT2D eigenvalue weighted by Crippen LogP contribution is 2.45. The highest BCUT2D eigenvalue weighted by atomic mass is 35.5. The van der Waals surface area contributed by atoms with Gasteiger partial charge in [-0.1, -0.05) is 57.3 Å². The van der Waals surface area contributed by atoms with Crippen LogP contribution in [-0.4, -0.2) is 395 Å². The van der Waals surface area contributed by atoms with E-state index in [1.807, 2.05) is 107 Å². The van der Waals surface area contributed by atoms with Crippen LogP contribution < -0.4 is 20.9 Å². The van der Waals surface area contributed by atoms with E-state index in [0.717, 1.165) is 268 Å². The average molecular weight is 2030 g/mol. The summed E-state index contributed by atoms with van der Waals surface area (Å²) in [6, 6.07) is 22.3. The number of aliphatic hydroxyl groups excluding tert-OH is 1. The van der Waals surface area contributed by atoms with Gasteiger partial charge in [0.15, 0.2) is 0 Å². The summed E-state index contributed by atoms with van der Waals surface area (Å²) in [5.74, 6) is 4.85. The number of hydrogen-bond donors (Lipinski definition) is 3. The minimum atomic E-state index is -0.521. The molecule has 1 atom stereocenters. The molecule has 18 heterocycles. The van der Waals surface area contributed by atoms with Crippen molar-refractivity contribution in [3.63, 3.8) is 0 Å². The van der Waals surface area contributed by atoms with Crippen LogP contribution in [0.4, 0.5) is 11.4 Å². The van der Waals surface area contributed by atoms with Crippen molar-refractivity contribution in [2.75, 3.05) is 245 Å². The number of anilines is 2. The lowest BCUT2D eigenvalue weighted by Crippen LogP contribution is -2.54. The van der Waals surface area contributed by atoms with Crippen molar-refractivity contribution < 1.29 is 38.7 Å². The number of carbonyl (C=O) groups is 7. The van der Waals surface area contributed by atoms with Gasteiger partial charge in [-0.05, 0) is 442 Å². The quantitative estimate of drug-likeness (QED) is 0.104. The normalized spacial score (nSPS) is 23.2. The van der Waals surface area contributed by atoms with Crippen LogP contribution in [0.3, 0.4) is 0 Å². The number of rotatable bonds is 11. The Morgan fingerprint density at radius 2 is 1.01 bits per heavy atom. The monoisotopic (exact) mass is 2030 g/mol. The minimum Gasteiger partial charge on any atom is -0.513 e. The van der Waals surface area contributed by atoms with E-state index >= 15 is 0 Å². The van der Waals surface area contributed by atoms with Crippen molar-refractivity contribution >= 4 is 75.7 Å². The van der Waals surface area contributed by atoms with Crippen LogP contribution in [0.25, 0.3) is 5.65 Å². The first-order chi connectivity index (χ1) is 68.3. The summed E-state index contributed by atoms with van der Waals surface area (Å²) in [5.41, 5.74) is 16.4. The van der Waals surface area contributed by atoms with E-state index in [2.05, 4.69) is 182 Å². The molecule has 3 aromatic heterocycles. The molecule has 145 heavy (non-hydrogen) atoms. The molecule has 2 spiro atoms. The molecule has 1 saturated carbocycles. The van der Waals surface area contributed by atoms with Gasteiger partial charge in [0.05, 0.1) is 47.8 Å². The molecule has 0 unspecified atom stereocenters. The maximum absolute atomic E-state index is 12.2. The number of allylic oxidation sites excluding steroid dienone is 1. The number of aliphatic hydroxyl groups is 1. The smallest absolute Gasteiger partial charge is 0.231 e. The summed E-state index contributed by atoms with van der Waals surface area (Å²) in [6.45, 7) is 38.9. The Labute approximate surface area is 878 Å². The van der Waals surface area contributed by atoms with Crippen LogP contribution in [0.15, 0.2) is 108 Å². The molecular weight excluding hydrogens is 1840 g/mol. The van der Waals surface area contributed by atoms with Gasteiger partial charge in [0.2, 0.25) is 17.7 Å². The van der Waals surface area contributed by atoms with Crippen molar-refractivity contribution in [2.45, 2.75) is 272 Å². The molecule has 21 rings (SSSR count). The fraction of sp³-hybridized carbons (Fsp3) is 0.704. The van der Waals surface area contributed by atoms with Crippen molar-refractivity contribution in [3.8, 4) is 0 Å². The number of fused-ring (bicyclic) bond motifs is 3. The molecule has 0 radical (unpaired) electrons. The first-order valence-electron chi connectivity index (χ1n) is 54.2. The Balaban J connectivity index is 0.000000178. The molecule has 12 fully saturated rings. The lowest BCUT2D eigenvalue weighted by atomic mass is 9.76. The third-order valence-electron chi connectivity index (χ3n) is 33.5. The van der Waals surface area contributed by atoms with Crippen LogP contribution in [0.2, 0.25) is 5.02 Å². The Morgan fingerprint density at radius 3 is 1.49 bits per heavy atom. The van der Waals surface area contributed by atoms with Crippen molar-refractivity contribution in [3.05, 3.63) is 136 Å². The summed E-state index contributed by atoms with van der Waals surface area (Å²) >= 11 is 5.99. The van der Waals surface area contributed by atoms with Gasteiger partial charge < -0.3 is 93.6 Å². The number of imidazole rings is 2. The number of para-hydroxylation sites is 1. The molecule has 15 aliphatic heterocycles. The first kappa shape index (κ1) is 121. The largest absolute Gasteiger partial charge is 0.513 e. The summed E-state index contributed by atoms with van der Waals surface area (Å²) in [7, 11) is 25.3. The molecule has 30 heteroatoms. The highest BCUT2D eigenvalue weighted by Gasteiger charge is 2.48. The number of pyridine rings is 1. The maximum Gasteiger partial charge on any atom is 0.231 e. The van der Waals surface area contributed by atoms with E-state index in [1.165, 1.54) is 107 Å². The molecule has 3 amide bonds. The Kier molecular flexibility index (Phi) is 48.7. The van der Waals surface area contributed by atoms with E-state index in [4.69, 9.17) is 22.4 Å². The Morgan fingerprint density at radius 1 is 0.524 bits per heavy atom. The SMILES string of the molecule is C.C.C=C(O)C1CCN(C)CC1.CC(=O)C1(N)CCN(C)CC1.CC(=O)CC1CCN(C)CC1.CC(=O)[C@@H]1CCCN1C1CCN(C)CC1.CN1CCC(N2C(=O)Cc3cc(Cl)ccc32)CC1.CN1CCC(N2C(=O)Cc3ccccc32)CC1.CN1CCC2(CC1)CCN(C)C2=O.CN1CCC2(CCCC2=O)CC1.CN1CCC2=C(C=NC2)C1.CNCc1cn2ccccc2n1.Cc1cnc(C)n1C1CCN(C)CC1. The second kappa shape index (κ2) is 58.5. The van der Waals surface area contributed by atoms with Crippen molar-refractivity contribution in [1.82, 2.24) is 83.1 Å². The molecule has 5 aromatic rings. The number of Topliss-reactive ketones (excluding diaryl/α,β-unsaturated/α-hetero) is 4. The lowest BCUT2D eigenvalue weighted by molar-refractivity contribution is -0.137. The number of carbonyl (C=O) groups excluding carboxylic acids is 7. The molecule has 29 nitrogen and oxygen atoms in total. The second-order valence-electron chi connectivity index (χ2n) is 44.7. The highest BCUT2D eigenvalue weighted by molar-refractivity contribution is 6.31. The van der Waals surface area contributed by atoms with Gasteiger partial charge in [-0.2, -0.15) is 0 Å². The number of aromatic nitrogens is 4. The number of halogens is 1. The van der Waals surface area contributed by atoms with Gasteiger partial charge >= 0.3 is 0 Å². The number of piperidine rings is 9. The van der Waals surface area contributed by atoms with Crippen LogP contribution >= 0.6 is 11.6 Å². The third-order valence-corrected chi connectivity index (χ3v) is 33.7. The fourth-order valence-corrected chi connectivity index (χ4v) is 23.7. The number of nitrogens with zero attached hydrogens (tertiary/aromatic N) is 19. The van der Waals surface area contributed by atoms with Crippen LogP contribution in [0.5, 0.6) is 0 Å². The number of nitrogens with one attached hydrogen (secondary N) is 1. The second-order valence-corrected chi connectivity index (χ2v) is 45.2. The van der Waals surface area contributed by atoms with Gasteiger partial charge in [0.25, 0.3) is 0 Å². The van der Waals surface area contributed by atoms with E-state index in [9.17, 15) is 33.6 Å². The number of hydrogen-bond acceptors (Lipinski definition) is 24. The predicted octanol–water partition coefficient (Wildman–Crippen LogP) is 14.6. The lowest BCUT2D eigenvalue weighted by Gasteiger charge is -2.37. The number of amides is 3. The fourth-order valence-electron chi connectivity index (χ4n) is 23.5. The summed E-state index contributed by atoms with van der Waals surface area (Å²) in [6.07, 6.45) is 37.5. The standard InChI is InChI=1S/C14H17ClN2O.C14H18N2O.C12H22N2O.C11H19N3.C10H18N2O.C10H17NO.C9H11N3.C9H17NO.C8H16N2O.C8H12N2.C8H15NO.2CH4/c1-16-6-4-12(5-7-16)17-13-3-2-11(15)8-10(13)9-14(17)18;1-15-8-6-12(7-9-15)16-13-5-3-2-4-11(13)10-14(16)17;1-10(15)12-4-3-7-14(12)11-5-8-13(2)9-6-11;1-9-8-12-10(2)14(9)11-4-6-13(3)7-5-11;1-11-6-3-10(4-7-11)5-8-12(2)9(10)13;1-11-7-5-10(6-8-11)4-2-3-9(10)12;1-10-6-8-7-12-5-3-2-4-9(12)11-8;1-8(11)7-9-3-5-10(2)6-4-9;1-7(11)8(9)3-5-10(2)6-4-8;1-10-3-2-7-4-9-5-8(7)6-10;1-7(10)8-3-5-9(2)6-4-8;;/h2-3,8,12H,4-7,9H2,1H3;2-5,12H,6-10H2,1H3;11-12H,3-9H2,1-2H3;8,11H,4-7H2,1-3H3;3-8H2,1-2H3;2-8H2,1H3;2-5,7,10H,6H2,1H3;9H,3-7H2,1-2H3;3-6,9H2,1-2H3;5H,2-4,6H2,1H3;8,10H,1,3-6H2,2H3;2*1H4/t;;12-;;;;;;;;;;/m..0........../s1. The Bertz CT molecular complexity index is 4870. The topological polar surface area (TPSA) is 271 Å². The van der Waals surface area contributed by atoms with E-state index in [1.54, 1.807) is 26.3 Å². The van der Waals surface area contributed by atoms with E-state index < -0.39 is 5.54 Å². The molecule has 4 N–H and O–H groups in total. The van der Waals surface area contributed by atoms with E-state index in [-0.39, 0.29) is 49.3 Å². The molecule has 11 saturated heterocycles. The number of benzene rings is 2. The molecule has 0 bridgehead atoms. The Hall–Kier alpha value is -7.85. The van der Waals surface area contributed by atoms with Crippen molar-refractivity contribution in [1.29, 1.82) is 0 Å². The summed E-state index contributed by atoms with van der Waals surface area (Å²) in [5, 5.41) is 12.8. The zero-order chi connectivity index (χ0) is 103. The predicted molar refractivity (Wildman–Crippen MR) is 595 cm³/mol. The summed E-state index contributed by atoms with van der Waals surface area (Å²) in [4.78, 5) is 126. The zero-order valence-corrected chi connectivity index (χ0v) is 91.6. The first-order valence-corrected chi connectivity index (χ1v) is 54.6. The minimum absolute atomic E-state index is 0. The molecule has 2 aromatic carbocycles. The van der Waals surface area contributed by atoms with Crippen LogP contribution in [0, 0.1) is 36.5 Å². The van der Waals surface area contributed by atoms with Gasteiger partial charge in [0.1, 0.15) is 34.6 Å². The number of likely N-dealkylation sites (N-methyl/N-ethyl adjacent to an activating group) is 1. The van der Waals surface area contributed by atoms with Gasteiger partial charge in [-0.3, -0.25) is 38.7 Å². The summed E-state index contributed by atoms with van der Waals surface area (Å²) < 4.78 is 4.42. The average Bonchev–Trinajstić information content (AvgIpc) is 1.63. The number of likely N-dealkylation sites (tertiary alicyclic amines) is 11. The number of nitrogens with two attached hydrogens (primary N) is 1. The van der Waals surface area contributed by atoms with E-state index in [0.29, 0.717) is 82.9 Å². The van der Waals surface area contributed by atoms with Crippen LogP contribution in [0.1, 0.15) is 237 Å². The number of ketones is 4. The van der Waals surface area contributed by atoms with Gasteiger partial charge in [0, 0.05) is 142 Å². The van der Waals surface area contributed by atoms with Gasteiger partial charge in [-0.25, -0.2) is 9.97 Å². The van der Waals surface area contributed by atoms with Crippen molar-refractivity contribution in [2.24, 2.45) is 33.4 Å². The molecule has 16 aliphatic rings. The molecular formula is C115H190ClN21O8. The molecule has 1 aliphatic carbocycles. The molecule has 810 valence electrons. The zero-order valence-electron chi connectivity index (χ0n) is 90.9. The van der Waals surface area contributed by atoms with Crippen LogP contribution in [-0.2, 0) is 52.9 Å². The third kappa shape index (κ3) is 35.4. The maximum atomic E-state index is 12.2. The number of aryl methyl sites for hydroxylation is 2. The number of aliphatic imine (C=N–C) groups is 1.